The van der Waals surface area contributed by atoms with E-state index in [0.717, 1.165) is 10.2 Å². The molecule has 0 aliphatic carbocycles. The van der Waals surface area contributed by atoms with E-state index in [4.69, 9.17) is 11.6 Å². The zero-order valence-electron chi connectivity index (χ0n) is 7.65. The van der Waals surface area contributed by atoms with Crippen molar-refractivity contribution in [2.45, 2.75) is 11.7 Å². The smallest absolute Gasteiger partial charge is 0.228 e. The summed E-state index contributed by atoms with van der Waals surface area (Å²) < 4.78 is 0.766. The largest absolute Gasteiger partial charge is 0.310 e. The molecule has 0 spiro atoms. The fraction of sp³-hybridized carbons (Fsp3) is 0.333. The Morgan fingerprint density at radius 1 is 1.67 bits per heavy atom. The molecular weight excluding hydrogens is 300 g/mol. The van der Waals surface area contributed by atoms with Crippen molar-refractivity contribution in [3.63, 3.8) is 0 Å². The summed E-state index contributed by atoms with van der Waals surface area (Å²) >= 11 is 13.4. The minimum absolute atomic E-state index is 0.0676. The number of carbonyl (C=O) groups is 1. The first-order valence-corrected chi connectivity index (χ1v) is 6.06. The third-order valence-corrected chi connectivity index (χ3v) is 3.36. The molecule has 3 nitrogen and oxygen atoms in total. The van der Waals surface area contributed by atoms with Crippen LogP contribution in [0.15, 0.2) is 16.7 Å². The number of thiol groups is 1. The van der Waals surface area contributed by atoms with E-state index < -0.39 is 0 Å². The Labute approximate surface area is 106 Å². The molecule has 1 aromatic heterocycles. The van der Waals surface area contributed by atoms with Gasteiger partial charge in [-0.05, 0) is 15.9 Å². The van der Waals surface area contributed by atoms with Gasteiger partial charge in [0.15, 0.2) is 0 Å². The van der Waals surface area contributed by atoms with Crippen LogP contribution in [0, 0.1) is 0 Å². The molecule has 0 aromatic carbocycles. The van der Waals surface area contributed by atoms with E-state index in [0.29, 0.717) is 18.1 Å². The van der Waals surface area contributed by atoms with Gasteiger partial charge in [0.2, 0.25) is 5.91 Å². The molecule has 1 aliphatic rings. The Morgan fingerprint density at radius 3 is 3.00 bits per heavy atom. The van der Waals surface area contributed by atoms with Gasteiger partial charge >= 0.3 is 0 Å². The van der Waals surface area contributed by atoms with Gasteiger partial charge in [-0.1, -0.05) is 11.6 Å². The molecular formula is C9H8BrClN2OS. The highest BCUT2D eigenvalue weighted by atomic mass is 79.9. The molecule has 1 fully saturated rings. The van der Waals surface area contributed by atoms with E-state index in [2.05, 4.69) is 33.5 Å². The van der Waals surface area contributed by atoms with Gasteiger partial charge in [0.25, 0.3) is 0 Å². The lowest BCUT2D eigenvalue weighted by molar-refractivity contribution is -0.117. The van der Waals surface area contributed by atoms with Crippen molar-refractivity contribution in [2.75, 3.05) is 11.4 Å². The number of aromatic nitrogens is 1. The fourth-order valence-corrected chi connectivity index (χ4v) is 2.43. The highest BCUT2D eigenvalue weighted by Crippen LogP contribution is 2.31. The number of anilines is 1. The summed E-state index contributed by atoms with van der Waals surface area (Å²) in [5.74, 6) is 0.0676. The summed E-state index contributed by atoms with van der Waals surface area (Å²) in [5, 5.41) is 0.472. The number of pyridine rings is 1. The Kier molecular flexibility index (Phi) is 3.23. The maximum Gasteiger partial charge on any atom is 0.228 e. The number of nitrogens with zero attached hydrogens (tertiary/aromatic N) is 2. The highest BCUT2D eigenvalue weighted by molar-refractivity contribution is 9.10. The second-order valence-electron chi connectivity index (χ2n) is 3.32. The van der Waals surface area contributed by atoms with Gasteiger partial charge in [-0.15, -0.1) is 0 Å². The molecule has 15 heavy (non-hydrogen) atoms. The minimum Gasteiger partial charge on any atom is -0.310 e. The molecule has 1 amide bonds. The van der Waals surface area contributed by atoms with Gasteiger partial charge < -0.3 is 4.90 Å². The molecule has 0 saturated carbocycles. The van der Waals surface area contributed by atoms with Gasteiger partial charge in [0, 0.05) is 30.5 Å². The average Bonchev–Trinajstić information content (AvgIpc) is 2.50. The molecule has 1 aliphatic heterocycles. The van der Waals surface area contributed by atoms with Crippen molar-refractivity contribution >= 4 is 51.8 Å². The first kappa shape index (κ1) is 11.2. The third kappa shape index (κ3) is 2.29. The van der Waals surface area contributed by atoms with Crippen molar-refractivity contribution in [1.29, 1.82) is 0 Å². The Morgan fingerprint density at radius 2 is 2.40 bits per heavy atom. The topological polar surface area (TPSA) is 33.2 Å². The Bertz CT molecular complexity index is 415. The summed E-state index contributed by atoms with van der Waals surface area (Å²) in [4.78, 5) is 17.2. The zero-order chi connectivity index (χ0) is 11.0. The minimum atomic E-state index is 0.0676. The normalized spacial score (nSPS) is 21.1. The van der Waals surface area contributed by atoms with Crippen LogP contribution in [0.1, 0.15) is 6.42 Å². The number of hydrogen-bond acceptors (Lipinski definition) is 3. The van der Waals surface area contributed by atoms with E-state index in [-0.39, 0.29) is 11.2 Å². The Balaban J connectivity index is 2.37. The van der Waals surface area contributed by atoms with E-state index in [9.17, 15) is 4.79 Å². The lowest BCUT2D eigenvalue weighted by Crippen LogP contribution is -2.25. The number of rotatable bonds is 1. The molecule has 80 valence electrons. The average molecular weight is 308 g/mol. The number of carbonyl (C=O) groups excluding carboxylic acids is 1. The fourth-order valence-electron chi connectivity index (χ4n) is 1.53. The summed E-state index contributed by atoms with van der Waals surface area (Å²) in [7, 11) is 0. The second kappa shape index (κ2) is 4.31. The van der Waals surface area contributed by atoms with Crippen LogP contribution in [0.25, 0.3) is 0 Å². The maximum absolute atomic E-state index is 11.6. The van der Waals surface area contributed by atoms with Crippen molar-refractivity contribution in [3.8, 4) is 0 Å². The third-order valence-electron chi connectivity index (χ3n) is 2.20. The van der Waals surface area contributed by atoms with Gasteiger partial charge in [0.05, 0.1) is 10.2 Å². The SMILES string of the molecule is O=C1CC(S)CN1c1cc(Cl)ncc1Br. The van der Waals surface area contributed by atoms with E-state index >= 15 is 0 Å². The molecule has 2 heterocycles. The molecule has 1 aromatic rings. The van der Waals surface area contributed by atoms with Gasteiger partial charge in [-0.3, -0.25) is 4.79 Å². The van der Waals surface area contributed by atoms with Crippen LogP contribution in [0.3, 0.4) is 0 Å². The van der Waals surface area contributed by atoms with Crippen LogP contribution >= 0.6 is 40.2 Å². The molecule has 6 heteroatoms. The number of hydrogen-bond donors (Lipinski definition) is 1. The van der Waals surface area contributed by atoms with Gasteiger partial charge in [-0.2, -0.15) is 12.6 Å². The number of amides is 1. The van der Waals surface area contributed by atoms with Crippen LogP contribution in [0.4, 0.5) is 5.69 Å². The summed E-state index contributed by atoms with van der Waals surface area (Å²) in [6.07, 6.45) is 2.06. The van der Waals surface area contributed by atoms with Crippen LogP contribution in [0.2, 0.25) is 5.15 Å². The monoisotopic (exact) mass is 306 g/mol. The van der Waals surface area contributed by atoms with Crippen molar-refractivity contribution in [2.24, 2.45) is 0 Å². The molecule has 0 N–H and O–H groups in total. The lowest BCUT2D eigenvalue weighted by atomic mass is 10.3. The summed E-state index contributed by atoms with van der Waals surface area (Å²) in [5.41, 5.74) is 0.761. The quantitative estimate of drug-likeness (QED) is 0.639. The summed E-state index contributed by atoms with van der Waals surface area (Å²) in [6.45, 7) is 0.612. The van der Waals surface area contributed by atoms with E-state index in [1.165, 1.54) is 0 Å². The highest BCUT2D eigenvalue weighted by Gasteiger charge is 2.29. The van der Waals surface area contributed by atoms with E-state index in [1.54, 1.807) is 17.2 Å². The first-order chi connectivity index (χ1) is 7.08. The Hall–Kier alpha value is -0.260. The molecule has 1 unspecified atom stereocenters. The van der Waals surface area contributed by atoms with Crippen molar-refractivity contribution in [3.05, 3.63) is 21.9 Å². The lowest BCUT2D eigenvalue weighted by Gasteiger charge is -2.17. The standard InChI is InChI=1S/C9H8BrClN2OS/c10-6-3-12-8(11)2-7(6)13-4-5(15)1-9(13)14/h2-3,5,15H,1,4H2. The molecule has 0 radical (unpaired) electrons. The second-order valence-corrected chi connectivity index (χ2v) is 5.29. The molecule has 2 rings (SSSR count). The van der Waals surface area contributed by atoms with Crippen LogP contribution in [0.5, 0.6) is 0 Å². The van der Waals surface area contributed by atoms with Crippen molar-refractivity contribution < 1.29 is 4.79 Å². The zero-order valence-corrected chi connectivity index (χ0v) is 10.9. The maximum atomic E-state index is 11.6. The predicted octanol–water partition coefficient (Wildman–Crippen LogP) is 2.53. The van der Waals surface area contributed by atoms with Crippen LogP contribution in [-0.2, 0) is 4.79 Å². The van der Waals surface area contributed by atoms with Gasteiger partial charge in [-0.25, -0.2) is 4.98 Å². The molecule has 0 bridgehead atoms. The number of halogens is 2. The van der Waals surface area contributed by atoms with Crippen LogP contribution < -0.4 is 4.90 Å². The predicted molar refractivity (Wildman–Crippen MR) is 66.7 cm³/mol. The van der Waals surface area contributed by atoms with Crippen LogP contribution in [-0.4, -0.2) is 22.7 Å². The van der Waals surface area contributed by atoms with E-state index in [1.807, 2.05) is 0 Å². The molecule has 1 atom stereocenters. The first-order valence-electron chi connectivity index (χ1n) is 4.37. The van der Waals surface area contributed by atoms with Gasteiger partial charge in [0.1, 0.15) is 5.15 Å². The summed E-state index contributed by atoms with van der Waals surface area (Å²) in [6, 6.07) is 1.68. The van der Waals surface area contributed by atoms with Crippen molar-refractivity contribution in [1.82, 2.24) is 4.98 Å². The molecule has 1 saturated heterocycles.